The molecule has 0 aromatic heterocycles. The lowest BCUT2D eigenvalue weighted by atomic mass is 9.94. The molecule has 2 aromatic rings. The van der Waals surface area contributed by atoms with Crippen LogP contribution in [0, 0.1) is 0 Å². The number of methoxy groups -OCH3 is 1. The molecule has 1 saturated heterocycles. The van der Waals surface area contributed by atoms with Crippen LogP contribution in [0.2, 0.25) is 5.02 Å². The highest BCUT2D eigenvalue weighted by Crippen LogP contribution is 2.47. The van der Waals surface area contributed by atoms with Crippen LogP contribution >= 0.6 is 23.4 Å². The molecule has 0 aliphatic carbocycles. The fourth-order valence-corrected chi connectivity index (χ4v) is 6.62. The number of benzene rings is 2. The predicted octanol–water partition coefficient (Wildman–Crippen LogP) is 4.90. The Labute approximate surface area is 254 Å². The van der Waals surface area contributed by atoms with Crippen molar-refractivity contribution in [3.63, 3.8) is 0 Å². The van der Waals surface area contributed by atoms with Gasteiger partial charge in [0.25, 0.3) is 5.91 Å². The SMILES string of the molecule is COC(=O)CCC(=O)OC1=C2C(=O)N([C@H](C)C(F)(F)F)CN([C@@H]3c4ccccc4SCc4c(Cl)cccc43)N2C=CC1O. The molecule has 1 fully saturated rings. The minimum absolute atomic E-state index is 0.334. The van der Waals surface area contributed by atoms with E-state index in [2.05, 4.69) is 4.74 Å². The van der Waals surface area contributed by atoms with E-state index in [0.717, 1.165) is 35.6 Å². The van der Waals surface area contributed by atoms with E-state index in [4.69, 9.17) is 16.3 Å². The largest absolute Gasteiger partial charge is 0.469 e. The molecule has 5 rings (SSSR count). The van der Waals surface area contributed by atoms with Crippen LogP contribution in [0.5, 0.6) is 0 Å². The van der Waals surface area contributed by atoms with E-state index in [0.29, 0.717) is 15.7 Å². The number of ether oxygens (including phenoxy) is 2. The minimum Gasteiger partial charge on any atom is -0.469 e. The molecule has 3 atom stereocenters. The molecule has 3 aliphatic heterocycles. The minimum atomic E-state index is -4.79. The van der Waals surface area contributed by atoms with Crippen molar-refractivity contribution in [3.8, 4) is 0 Å². The van der Waals surface area contributed by atoms with Crippen LogP contribution in [-0.2, 0) is 29.6 Å². The topological polar surface area (TPSA) is 99.6 Å². The normalized spacial score (nSPS) is 21.0. The molecule has 2 aromatic carbocycles. The van der Waals surface area contributed by atoms with E-state index < -0.39 is 66.8 Å². The lowest BCUT2D eigenvalue weighted by Gasteiger charge is -2.50. The number of hydrogen-bond acceptors (Lipinski definition) is 9. The van der Waals surface area contributed by atoms with Gasteiger partial charge in [0.1, 0.15) is 12.1 Å². The van der Waals surface area contributed by atoms with Gasteiger partial charge in [-0.2, -0.15) is 18.2 Å². The second-order valence-electron chi connectivity index (χ2n) is 10.0. The molecule has 9 nitrogen and oxygen atoms in total. The standard InChI is InChI=1S/C29H27ClF3N3O6S/c1-16(29(31,32)33)34-15-36(25-17-7-5-8-20(30)19(17)14-43-22-9-4-3-6-18(22)25)35-13-12-21(37)27(26(35)28(34)40)42-24(39)11-10-23(38)41-2/h3-9,12-13,16,21,25,37H,10-11,14-15H2,1-2H3/t16-,21?,25+/m1/s1. The van der Waals surface area contributed by atoms with Gasteiger partial charge in [0.15, 0.2) is 11.5 Å². The van der Waals surface area contributed by atoms with Crippen LogP contribution in [-0.4, -0.2) is 70.0 Å². The van der Waals surface area contributed by atoms with E-state index >= 15 is 0 Å². The summed E-state index contributed by atoms with van der Waals surface area (Å²) >= 11 is 8.14. The van der Waals surface area contributed by atoms with Gasteiger partial charge in [-0.15, -0.1) is 11.8 Å². The zero-order chi connectivity index (χ0) is 31.1. The Morgan fingerprint density at radius 3 is 2.53 bits per heavy atom. The first-order valence-electron chi connectivity index (χ1n) is 13.2. The van der Waals surface area contributed by atoms with E-state index in [-0.39, 0.29) is 6.42 Å². The highest BCUT2D eigenvalue weighted by atomic mass is 35.5. The highest BCUT2D eigenvalue weighted by molar-refractivity contribution is 7.98. The number of hydrazine groups is 1. The van der Waals surface area contributed by atoms with Crippen molar-refractivity contribution >= 4 is 41.2 Å². The molecule has 0 bridgehead atoms. The maximum absolute atomic E-state index is 14.1. The summed E-state index contributed by atoms with van der Waals surface area (Å²) in [5.74, 6) is -2.81. The number of thioether (sulfide) groups is 1. The third kappa shape index (κ3) is 5.99. The summed E-state index contributed by atoms with van der Waals surface area (Å²) in [6, 6.07) is 9.78. The molecule has 1 amide bonds. The van der Waals surface area contributed by atoms with Crippen LogP contribution in [0.3, 0.4) is 0 Å². The second-order valence-corrected chi connectivity index (χ2v) is 11.4. The molecule has 0 saturated carbocycles. The van der Waals surface area contributed by atoms with Crippen molar-refractivity contribution in [3.05, 3.63) is 87.9 Å². The molecule has 228 valence electrons. The Balaban J connectivity index is 1.67. The van der Waals surface area contributed by atoms with Gasteiger partial charge < -0.3 is 19.5 Å². The predicted molar refractivity (Wildman–Crippen MR) is 150 cm³/mol. The maximum Gasteiger partial charge on any atom is 0.408 e. The van der Waals surface area contributed by atoms with E-state index in [1.165, 1.54) is 29.0 Å². The molecule has 0 spiro atoms. The van der Waals surface area contributed by atoms with E-state index in [9.17, 15) is 32.7 Å². The van der Waals surface area contributed by atoms with Crippen LogP contribution in [0.1, 0.15) is 42.5 Å². The number of carbonyl (C=O) groups excluding carboxylic acids is 3. The number of carbonyl (C=O) groups is 3. The number of fused-ring (bicyclic) bond motifs is 3. The van der Waals surface area contributed by atoms with Crippen molar-refractivity contribution < 1.29 is 42.1 Å². The highest BCUT2D eigenvalue weighted by Gasteiger charge is 2.51. The van der Waals surface area contributed by atoms with Crippen molar-refractivity contribution in [2.45, 2.75) is 54.8 Å². The van der Waals surface area contributed by atoms with Gasteiger partial charge in [0, 0.05) is 21.9 Å². The number of alkyl halides is 3. The number of esters is 2. The zero-order valence-corrected chi connectivity index (χ0v) is 24.6. The number of aliphatic hydroxyl groups excluding tert-OH is 1. The molecular weight excluding hydrogens is 611 g/mol. The first-order chi connectivity index (χ1) is 20.4. The number of aliphatic hydroxyl groups is 1. The average molecular weight is 638 g/mol. The van der Waals surface area contributed by atoms with Gasteiger partial charge in [0.05, 0.1) is 32.7 Å². The summed E-state index contributed by atoms with van der Waals surface area (Å²) in [6.07, 6.45) is -4.57. The molecule has 1 unspecified atom stereocenters. The van der Waals surface area contributed by atoms with Crippen LogP contribution in [0.15, 0.2) is 71.1 Å². The summed E-state index contributed by atoms with van der Waals surface area (Å²) in [4.78, 5) is 39.5. The molecule has 14 heteroatoms. The Morgan fingerprint density at radius 2 is 1.81 bits per heavy atom. The van der Waals surface area contributed by atoms with Crippen molar-refractivity contribution in [1.82, 2.24) is 14.9 Å². The molecule has 1 N–H and O–H groups in total. The van der Waals surface area contributed by atoms with Crippen LogP contribution in [0.4, 0.5) is 13.2 Å². The summed E-state index contributed by atoms with van der Waals surface area (Å²) in [6.45, 7) is 0.369. The van der Waals surface area contributed by atoms with Crippen molar-refractivity contribution in [2.75, 3.05) is 13.8 Å². The number of hydrogen-bond donors (Lipinski definition) is 1. The Bertz CT molecular complexity index is 1520. The van der Waals surface area contributed by atoms with Gasteiger partial charge in [-0.05, 0) is 41.8 Å². The number of rotatable bonds is 6. The van der Waals surface area contributed by atoms with Crippen LogP contribution < -0.4 is 0 Å². The van der Waals surface area contributed by atoms with Gasteiger partial charge in [-0.1, -0.05) is 41.9 Å². The lowest BCUT2D eigenvalue weighted by molar-refractivity contribution is -0.204. The summed E-state index contributed by atoms with van der Waals surface area (Å²) < 4.78 is 52.3. The number of halogens is 4. The first kappa shape index (κ1) is 30.9. The zero-order valence-electron chi connectivity index (χ0n) is 23.0. The molecular formula is C29H27ClF3N3O6S. The number of amides is 1. The van der Waals surface area contributed by atoms with Gasteiger partial charge in [-0.25, -0.2) is 0 Å². The Hall–Kier alpha value is -3.52. The average Bonchev–Trinajstić information content (AvgIpc) is 3.14. The van der Waals surface area contributed by atoms with Gasteiger partial charge in [-0.3, -0.25) is 19.4 Å². The van der Waals surface area contributed by atoms with E-state index in [1.54, 1.807) is 17.1 Å². The molecule has 3 aliphatic rings. The lowest BCUT2D eigenvalue weighted by Crippen LogP contribution is -2.62. The van der Waals surface area contributed by atoms with Crippen molar-refractivity contribution in [1.29, 1.82) is 0 Å². The summed E-state index contributed by atoms with van der Waals surface area (Å²) in [7, 11) is 1.15. The molecule has 43 heavy (non-hydrogen) atoms. The monoisotopic (exact) mass is 637 g/mol. The molecule has 0 radical (unpaired) electrons. The Morgan fingerprint density at radius 1 is 1.12 bits per heavy atom. The summed E-state index contributed by atoms with van der Waals surface area (Å²) in [5, 5.41) is 14.2. The molecule has 3 heterocycles. The smallest absolute Gasteiger partial charge is 0.408 e. The second kappa shape index (κ2) is 12.2. The van der Waals surface area contributed by atoms with Gasteiger partial charge >= 0.3 is 18.1 Å². The third-order valence-electron chi connectivity index (χ3n) is 7.44. The summed E-state index contributed by atoms with van der Waals surface area (Å²) in [5.41, 5.74) is 1.80. The maximum atomic E-state index is 14.1. The third-order valence-corrected chi connectivity index (χ3v) is 8.91. The Kier molecular flexibility index (Phi) is 8.80. The van der Waals surface area contributed by atoms with Crippen molar-refractivity contribution in [2.24, 2.45) is 0 Å². The number of nitrogens with zero attached hydrogens (tertiary/aromatic N) is 3. The quantitative estimate of drug-likeness (QED) is 0.444. The fraction of sp³-hybridized carbons (Fsp3) is 0.345. The first-order valence-corrected chi connectivity index (χ1v) is 14.6. The van der Waals surface area contributed by atoms with E-state index in [1.807, 2.05) is 30.3 Å². The van der Waals surface area contributed by atoms with Crippen LogP contribution in [0.25, 0.3) is 0 Å². The van der Waals surface area contributed by atoms with Gasteiger partial charge in [0.2, 0.25) is 0 Å². The fourth-order valence-electron chi connectivity index (χ4n) is 5.15.